The minimum absolute atomic E-state index is 0.209. The van der Waals surface area contributed by atoms with Crippen molar-refractivity contribution in [1.29, 1.82) is 0 Å². The van der Waals surface area contributed by atoms with Crippen LogP contribution in [0.2, 0.25) is 0 Å². The summed E-state index contributed by atoms with van der Waals surface area (Å²) in [6, 6.07) is 24.0. The van der Waals surface area contributed by atoms with E-state index in [1.54, 1.807) is 12.4 Å². The normalized spacial score (nSPS) is 12.0. The maximum atomic E-state index is 15.7. The number of rotatable bonds is 5. The molecular formula is C29H25FN4. The zero-order chi connectivity index (χ0) is 23.7. The molecule has 0 aliphatic heterocycles. The van der Waals surface area contributed by atoms with Crippen molar-refractivity contribution in [2.24, 2.45) is 0 Å². The van der Waals surface area contributed by atoms with Gasteiger partial charge >= 0.3 is 0 Å². The van der Waals surface area contributed by atoms with Crippen molar-refractivity contribution >= 4 is 23.1 Å². The van der Waals surface area contributed by atoms with Crippen LogP contribution in [0.5, 0.6) is 0 Å². The van der Waals surface area contributed by atoms with Crippen molar-refractivity contribution in [3.63, 3.8) is 0 Å². The average molecular weight is 449 g/mol. The van der Waals surface area contributed by atoms with E-state index in [-0.39, 0.29) is 11.9 Å². The molecule has 0 aliphatic carbocycles. The SMILES string of the molecule is Cc1ccc(-c2ncnc3c2ncn3C(C)C)c(/C(F)=C/c2ccc(-c3ccccc3)cc2)c1. The van der Waals surface area contributed by atoms with Gasteiger partial charge in [-0.05, 0) is 49.6 Å². The van der Waals surface area contributed by atoms with E-state index in [1.165, 1.54) is 6.33 Å². The molecule has 168 valence electrons. The third-order valence-electron chi connectivity index (χ3n) is 5.91. The molecule has 0 radical (unpaired) electrons. The third kappa shape index (κ3) is 4.13. The molecule has 0 amide bonds. The molecule has 2 aromatic heterocycles. The fraction of sp³-hybridized carbons (Fsp3) is 0.138. The van der Waals surface area contributed by atoms with Crippen molar-refractivity contribution in [3.8, 4) is 22.4 Å². The lowest BCUT2D eigenvalue weighted by atomic mass is 9.98. The Kier molecular flexibility index (Phi) is 5.76. The highest BCUT2D eigenvalue weighted by molar-refractivity contribution is 5.93. The molecule has 0 fully saturated rings. The highest BCUT2D eigenvalue weighted by Gasteiger charge is 2.18. The first-order chi connectivity index (χ1) is 16.5. The summed E-state index contributed by atoms with van der Waals surface area (Å²) in [6.07, 6.45) is 4.85. The molecule has 0 saturated heterocycles. The lowest BCUT2D eigenvalue weighted by Gasteiger charge is -2.11. The van der Waals surface area contributed by atoms with E-state index in [0.29, 0.717) is 22.3 Å². The average Bonchev–Trinajstić information content (AvgIpc) is 3.30. The molecule has 0 saturated carbocycles. The third-order valence-corrected chi connectivity index (χ3v) is 5.91. The predicted octanol–water partition coefficient (Wildman–Crippen LogP) is 7.52. The Morgan fingerprint density at radius 3 is 2.35 bits per heavy atom. The first kappa shape index (κ1) is 21.7. The van der Waals surface area contributed by atoms with Crippen LogP contribution in [-0.4, -0.2) is 19.5 Å². The molecule has 2 heterocycles. The van der Waals surface area contributed by atoms with Crippen LogP contribution in [-0.2, 0) is 0 Å². The number of hydrogen-bond donors (Lipinski definition) is 0. The summed E-state index contributed by atoms with van der Waals surface area (Å²) in [5, 5.41) is 0. The highest BCUT2D eigenvalue weighted by Crippen LogP contribution is 2.34. The van der Waals surface area contributed by atoms with E-state index < -0.39 is 0 Å². The number of halogens is 1. The Balaban J connectivity index is 1.56. The van der Waals surface area contributed by atoms with Crippen molar-refractivity contribution < 1.29 is 4.39 Å². The Labute approximate surface area is 198 Å². The number of aromatic nitrogens is 4. The summed E-state index contributed by atoms with van der Waals surface area (Å²) < 4.78 is 17.7. The van der Waals surface area contributed by atoms with Gasteiger partial charge in [0.05, 0.1) is 6.33 Å². The predicted molar refractivity (Wildman–Crippen MR) is 137 cm³/mol. The summed E-state index contributed by atoms with van der Waals surface area (Å²) in [5.41, 5.74) is 7.22. The largest absolute Gasteiger partial charge is 0.313 e. The molecule has 5 rings (SSSR count). The number of fused-ring (bicyclic) bond motifs is 1. The zero-order valence-corrected chi connectivity index (χ0v) is 19.4. The van der Waals surface area contributed by atoms with E-state index in [1.807, 2.05) is 72.2 Å². The molecule has 4 nitrogen and oxygen atoms in total. The molecule has 3 aromatic carbocycles. The molecule has 5 heteroatoms. The van der Waals surface area contributed by atoms with E-state index in [0.717, 1.165) is 27.9 Å². The Morgan fingerprint density at radius 2 is 1.62 bits per heavy atom. The van der Waals surface area contributed by atoms with Crippen molar-refractivity contribution in [1.82, 2.24) is 19.5 Å². The number of imidazole rings is 1. The second-order valence-electron chi connectivity index (χ2n) is 8.67. The van der Waals surface area contributed by atoms with E-state index >= 15 is 4.39 Å². The topological polar surface area (TPSA) is 43.6 Å². The molecular weight excluding hydrogens is 423 g/mol. The van der Waals surface area contributed by atoms with Crippen molar-refractivity contribution in [2.45, 2.75) is 26.8 Å². The molecule has 0 atom stereocenters. The monoisotopic (exact) mass is 448 g/mol. The smallest absolute Gasteiger partial charge is 0.164 e. The minimum Gasteiger partial charge on any atom is -0.313 e. The fourth-order valence-corrected chi connectivity index (χ4v) is 4.12. The molecule has 0 aliphatic rings. The van der Waals surface area contributed by atoms with Crippen LogP contribution in [0.15, 0.2) is 85.5 Å². The van der Waals surface area contributed by atoms with Gasteiger partial charge in [0.25, 0.3) is 0 Å². The van der Waals surface area contributed by atoms with Crippen LogP contribution in [0.1, 0.15) is 36.6 Å². The van der Waals surface area contributed by atoms with Crippen LogP contribution < -0.4 is 0 Å². The van der Waals surface area contributed by atoms with Gasteiger partial charge in [-0.25, -0.2) is 19.3 Å². The quantitative estimate of drug-likeness (QED) is 0.261. The van der Waals surface area contributed by atoms with Gasteiger partial charge in [0.1, 0.15) is 23.4 Å². The number of benzene rings is 3. The van der Waals surface area contributed by atoms with Gasteiger partial charge in [-0.2, -0.15) is 0 Å². The van der Waals surface area contributed by atoms with E-state index in [4.69, 9.17) is 0 Å². The van der Waals surface area contributed by atoms with E-state index in [9.17, 15) is 0 Å². The van der Waals surface area contributed by atoms with Crippen molar-refractivity contribution in [2.75, 3.05) is 0 Å². The lowest BCUT2D eigenvalue weighted by molar-refractivity contribution is 0.612. The summed E-state index contributed by atoms with van der Waals surface area (Å²) in [7, 11) is 0. The van der Waals surface area contributed by atoms with Gasteiger partial charge < -0.3 is 4.57 Å². The van der Waals surface area contributed by atoms with Gasteiger partial charge in [0.15, 0.2) is 5.65 Å². The fourth-order valence-electron chi connectivity index (χ4n) is 4.12. The van der Waals surface area contributed by atoms with Gasteiger partial charge in [0, 0.05) is 17.2 Å². The summed E-state index contributed by atoms with van der Waals surface area (Å²) >= 11 is 0. The van der Waals surface area contributed by atoms with Crippen LogP contribution in [0, 0.1) is 6.92 Å². The minimum atomic E-state index is -0.318. The van der Waals surface area contributed by atoms with Gasteiger partial charge in [0.2, 0.25) is 0 Å². The molecule has 0 bridgehead atoms. The standard InChI is InChI=1S/C29H25FN4/c1-19(2)34-18-33-28-27(31-17-32-29(28)34)24-14-9-20(3)15-25(24)26(30)16-21-10-12-23(13-11-21)22-7-5-4-6-8-22/h4-19H,1-3H3/b26-16-. The summed E-state index contributed by atoms with van der Waals surface area (Å²) in [6.45, 7) is 6.11. The van der Waals surface area contributed by atoms with Crippen LogP contribution in [0.3, 0.4) is 0 Å². The van der Waals surface area contributed by atoms with Gasteiger partial charge in [-0.15, -0.1) is 0 Å². The highest BCUT2D eigenvalue weighted by atomic mass is 19.1. The maximum Gasteiger partial charge on any atom is 0.164 e. The maximum absolute atomic E-state index is 15.7. The molecule has 0 spiro atoms. The van der Waals surface area contributed by atoms with Crippen LogP contribution >= 0.6 is 0 Å². The molecule has 34 heavy (non-hydrogen) atoms. The summed E-state index contributed by atoms with van der Waals surface area (Å²) in [5.74, 6) is -0.318. The first-order valence-electron chi connectivity index (χ1n) is 11.3. The number of aryl methyl sites for hydroxylation is 1. The Morgan fingerprint density at radius 1 is 0.882 bits per heavy atom. The van der Waals surface area contributed by atoms with Gasteiger partial charge in [-0.1, -0.05) is 72.3 Å². The molecule has 0 unspecified atom stereocenters. The Hall–Kier alpha value is -4.12. The van der Waals surface area contributed by atoms with Crippen LogP contribution in [0.4, 0.5) is 4.39 Å². The first-order valence-corrected chi connectivity index (χ1v) is 11.3. The second-order valence-corrected chi connectivity index (χ2v) is 8.67. The molecule has 0 N–H and O–H groups in total. The lowest BCUT2D eigenvalue weighted by Crippen LogP contribution is -2.00. The van der Waals surface area contributed by atoms with E-state index in [2.05, 4.69) is 40.9 Å². The number of nitrogens with zero attached hydrogens (tertiary/aromatic N) is 4. The Bertz CT molecular complexity index is 1480. The zero-order valence-electron chi connectivity index (χ0n) is 19.4. The number of hydrogen-bond acceptors (Lipinski definition) is 3. The van der Waals surface area contributed by atoms with Gasteiger partial charge in [-0.3, -0.25) is 0 Å². The second kappa shape index (κ2) is 9.02. The molecule has 5 aromatic rings. The van der Waals surface area contributed by atoms with Crippen LogP contribution in [0.25, 0.3) is 45.5 Å². The summed E-state index contributed by atoms with van der Waals surface area (Å²) in [4.78, 5) is 13.5. The van der Waals surface area contributed by atoms with Crippen molar-refractivity contribution in [3.05, 3.63) is 102 Å².